The van der Waals surface area contributed by atoms with Crippen molar-refractivity contribution >= 4 is 0 Å². The van der Waals surface area contributed by atoms with Gasteiger partial charge in [0.15, 0.2) is 6.10 Å². The number of aliphatic hydroxyl groups is 1. The van der Waals surface area contributed by atoms with E-state index in [1.165, 1.54) is 0 Å². The Morgan fingerprint density at radius 1 is 1.30 bits per heavy atom. The lowest BCUT2D eigenvalue weighted by Gasteiger charge is -2.17. The van der Waals surface area contributed by atoms with Gasteiger partial charge in [-0.2, -0.15) is 13.2 Å². The summed E-state index contributed by atoms with van der Waals surface area (Å²) in [6, 6.07) is 6.74. The molecule has 2 N–H and O–H groups in total. The van der Waals surface area contributed by atoms with E-state index < -0.39 is 18.9 Å². The second-order valence-electron chi connectivity index (χ2n) is 4.15. The SMILES string of the molecule is COCCNCc1ccccc1OCC(O)C(F)(F)F. The molecular formula is C13H18F3NO3. The number of hydrogen-bond acceptors (Lipinski definition) is 4. The molecule has 1 aromatic rings. The summed E-state index contributed by atoms with van der Waals surface area (Å²) in [6.07, 6.45) is -7.16. The van der Waals surface area contributed by atoms with E-state index in [-0.39, 0.29) is 0 Å². The van der Waals surface area contributed by atoms with Crippen molar-refractivity contribution < 1.29 is 27.8 Å². The number of para-hydroxylation sites is 1. The maximum Gasteiger partial charge on any atom is 0.417 e. The van der Waals surface area contributed by atoms with Crippen LogP contribution in [-0.4, -0.2) is 44.3 Å². The minimum Gasteiger partial charge on any atom is -0.490 e. The highest BCUT2D eigenvalue weighted by Gasteiger charge is 2.38. The molecule has 20 heavy (non-hydrogen) atoms. The van der Waals surface area contributed by atoms with Gasteiger partial charge in [-0.1, -0.05) is 18.2 Å². The monoisotopic (exact) mass is 293 g/mol. The zero-order valence-corrected chi connectivity index (χ0v) is 11.1. The van der Waals surface area contributed by atoms with E-state index in [1.54, 1.807) is 31.4 Å². The van der Waals surface area contributed by atoms with Gasteiger partial charge < -0.3 is 19.9 Å². The Balaban J connectivity index is 2.52. The molecule has 0 fully saturated rings. The first kappa shape index (κ1) is 16.7. The second kappa shape index (κ2) is 8.08. The molecule has 0 saturated carbocycles. The van der Waals surface area contributed by atoms with Gasteiger partial charge in [0.2, 0.25) is 0 Å². The molecule has 0 heterocycles. The lowest BCUT2D eigenvalue weighted by Crippen LogP contribution is -2.34. The molecule has 0 radical (unpaired) electrons. The Bertz CT molecular complexity index is 399. The normalized spacial score (nSPS) is 13.2. The molecule has 1 atom stereocenters. The van der Waals surface area contributed by atoms with Crippen molar-refractivity contribution in [2.75, 3.05) is 26.9 Å². The number of rotatable bonds is 8. The molecule has 0 aliphatic rings. The summed E-state index contributed by atoms with van der Waals surface area (Å²) in [5.74, 6) is 0.320. The third-order valence-corrected chi connectivity index (χ3v) is 2.55. The van der Waals surface area contributed by atoms with Crippen molar-refractivity contribution in [2.24, 2.45) is 0 Å². The van der Waals surface area contributed by atoms with Crippen LogP contribution < -0.4 is 10.1 Å². The first-order chi connectivity index (χ1) is 9.45. The predicted molar refractivity (Wildman–Crippen MR) is 67.6 cm³/mol. The summed E-state index contributed by atoms with van der Waals surface area (Å²) in [5.41, 5.74) is 0.720. The van der Waals surface area contributed by atoms with Gasteiger partial charge >= 0.3 is 6.18 Å². The first-order valence-electron chi connectivity index (χ1n) is 6.10. The fourth-order valence-electron chi connectivity index (χ4n) is 1.45. The van der Waals surface area contributed by atoms with Gasteiger partial charge in [0.05, 0.1) is 6.61 Å². The maximum atomic E-state index is 12.2. The largest absolute Gasteiger partial charge is 0.490 e. The van der Waals surface area contributed by atoms with E-state index in [0.717, 1.165) is 5.56 Å². The third-order valence-electron chi connectivity index (χ3n) is 2.55. The number of nitrogens with one attached hydrogen (secondary N) is 1. The van der Waals surface area contributed by atoms with Crippen LogP contribution in [0.5, 0.6) is 5.75 Å². The lowest BCUT2D eigenvalue weighted by molar-refractivity contribution is -0.210. The fourth-order valence-corrected chi connectivity index (χ4v) is 1.45. The molecule has 4 nitrogen and oxygen atoms in total. The van der Waals surface area contributed by atoms with E-state index in [1.807, 2.05) is 0 Å². The molecular weight excluding hydrogens is 275 g/mol. The quantitative estimate of drug-likeness (QED) is 0.717. The fraction of sp³-hybridized carbons (Fsp3) is 0.538. The van der Waals surface area contributed by atoms with E-state index in [2.05, 4.69) is 5.32 Å². The number of alkyl halides is 3. The molecule has 0 spiro atoms. The number of ether oxygens (including phenoxy) is 2. The van der Waals surface area contributed by atoms with Crippen molar-refractivity contribution in [2.45, 2.75) is 18.8 Å². The van der Waals surface area contributed by atoms with Crippen LogP contribution in [0.15, 0.2) is 24.3 Å². The zero-order chi connectivity index (χ0) is 15.0. The smallest absolute Gasteiger partial charge is 0.417 e. The van der Waals surface area contributed by atoms with Crippen molar-refractivity contribution in [3.8, 4) is 5.75 Å². The number of benzene rings is 1. The van der Waals surface area contributed by atoms with E-state index >= 15 is 0 Å². The number of aliphatic hydroxyl groups excluding tert-OH is 1. The van der Waals surface area contributed by atoms with Crippen LogP contribution in [-0.2, 0) is 11.3 Å². The summed E-state index contributed by atoms with van der Waals surface area (Å²) in [7, 11) is 1.58. The van der Waals surface area contributed by atoms with Gasteiger partial charge in [-0.25, -0.2) is 0 Å². The number of hydrogen-bond donors (Lipinski definition) is 2. The van der Waals surface area contributed by atoms with Crippen molar-refractivity contribution in [1.29, 1.82) is 0 Å². The Labute approximate surface area is 115 Å². The van der Waals surface area contributed by atoms with Gasteiger partial charge in [-0.05, 0) is 6.07 Å². The highest BCUT2D eigenvalue weighted by molar-refractivity contribution is 5.33. The molecule has 0 aromatic heterocycles. The molecule has 0 amide bonds. The van der Waals surface area contributed by atoms with Crippen LogP contribution in [0, 0.1) is 0 Å². The number of halogens is 3. The predicted octanol–water partition coefficient (Wildman–Crippen LogP) is 1.72. The molecule has 1 aromatic carbocycles. The minimum absolute atomic E-state index is 0.320. The van der Waals surface area contributed by atoms with Gasteiger partial charge in [-0.15, -0.1) is 0 Å². The molecule has 7 heteroatoms. The van der Waals surface area contributed by atoms with Crippen LogP contribution in [0.4, 0.5) is 13.2 Å². The third kappa shape index (κ3) is 5.77. The Morgan fingerprint density at radius 2 is 2.00 bits per heavy atom. The molecule has 0 aliphatic carbocycles. The summed E-state index contributed by atoms with van der Waals surface area (Å²) in [4.78, 5) is 0. The van der Waals surface area contributed by atoms with Gasteiger partial charge in [-0.3, -0.25) is 0 Å². The molecule has 1 unspecified atom stereocenters. The first-order valence-corrected chi connectivity index (χ1v) is 6.10. The average molecular weight is 293 g/mol. The Kier molecular flexibility index (Phi) is 6.77. The Hall–Kier alpha value is -1.31. The van der Waals surface area contributed by atoms with E-state index in [0.29, 0.717) is 25.4 Å². The standard InChI is InChI=1S/C13H18F3NO3/c1-19-7-6-17-8-10-4-2-3-5-11(10)20-9-12(18)13(14,15)16/h2-5,12,17-18H,6-9H2,1H3. The average Bonchev–Trinajstić information content (AvgIpc) is 2.41. The van der Waals surface area contributed by atoms with Crippen LogP contribution in [0.2, 0.25) is 0 Å². The maximum absolute atomic E-state index is 12.2. The molecule has 0 saturated heterocycles. The van der Waals surface area contributed by atoms with Crippen molar-refractivity contribution in [1.82, 2.24) is 5.32 Å². The highest BCUT2D eigenvalue weighted by Crippen LogP contribution is 2.23. The molecule has 0 bridgehead atoms. The van der Waals surface area contributed by atoms with Crippen LogP contribution in [0.3, 0.4) is 0 Å². The minimum atomic E-state index is -4.67. The number of methoxy groups -OCH3 is 1. The van der Waals surface area contributed by atoms with Gasteiger partial charge in [0.25, 0.3) is 0 Å². The van der Waals surface area contributed by atoms with Crippen LogP contribution in [0.1, 0.15) is 5.56 Å². The Morgan fingerprint density at radius 3 is 2.65 bits per heavy atom. The molecule has 1 rings (SSSR count). The summed E-state index contributed by atoms with van der Waals surface area (Å²) in [6.45, 7) is 0.784. The summed E-state index contributed by atoms with van der Waals surface area (Å²) < 4.78 is 46.5. The van der Waals surface area contributed by atoms with Crippen LogP contribution in [0.25, 0.3) is 0 Å². The zero-order valence-electron chi connectivity index (χ0n) is 11.1. The van der Waals surface area contributed by atoms with Crippen molar-refractivity contribution in [3.05, 3.63) is 29.8 Å². The second-order valence-corrected chi connectivity index (χ2v) is 4.15. The van der Waals surface area contributed by atoms with Crippen LogP contribution >= 0.6 is 0 Å². The van der Waals surface area contributed by atoms with Gasteiger partial charge in [0, 0.05) is 25.8 Å². The van der Waals surface area contributed by atoms with Crippen molar-refractivity contribution in [3.63, 3.8) is 0 Å². The van der Waals surface area contributed by atoms with Gasteiger partial charge in [0.1, 0.15) is 12.4 Å². The van der Waals surface area contributed by atoms with E-state index in [4.69, 9.17) is 14.6 Å². The molecule has 114 valence electrons. The molecule has 0 aliphatic heterocycles. The highest BCUT2D eigenvalue weighted by atomic mass is 19.4. The summed E-state index contributed by atoms with van der Waals surface area (Å²) >= 11 is 0. The van der Waals surface area contributed by atoms with E-state index in [9.17, 15) is 13.2 Å². The topological polar surface area (TPSA) is 50.7 Å². The summed E-state index contributed by atoms with van der Waals surface area (Å²) in [5, 5.41) is 12.0. The lowest BCUT2D eigenvalue weighted by atomic mass is 10.2.